The van der Waals surface area contributed by atoms with Gasteiger partial charge >= 0.3 is 6.09 Å². The van der Waals surface area contributed by atoms with Gasteiger partial charge in [-0.2, -0.15) is 5.26 Å². The van der Waals surface area contributed by atoms with Gasteiger partial charge in [0.05, 0.1) is 12.6 Å². The lowest BCUT2D eigenvalue weighted by atomic mass is 10.1. The van der Waals surface area contributed by atoms with Crippen LogP contribution in [0.25, 0.3) is 0 Å². The lowest BCUT2D eigenvalue weighted by molar-refractivity contribution is 0.0249. The van der Waals surface area contributed by atoms with Crippen LogP contribution in [-0.4, -0.2) is 43.6 Å². The van der Waals surface area contributed by atoms with Crippen LogP contribution in [0.3, 0.4) is 0 Å². The van der Waals surface area contributed by atoms with Gasteiger partial charge < -0.3 is 14.1 Å². The van der Waals surface area contributed by atoms with Crippen LogP contribution in [-0.2, 0) is 9.16 Å². The van der Waals surface area contributed by atoms with Crippen molar-refractivity contribution in [2.24, 2.45) is 0 Å². The van der Waals surface area contributed by atoms with Gasteiger partial charge in [0, 0.05) is 13.0 Å². The average molecular weight is 284 g/mol. The van der Waals surface area contributed by atoms with E-state index in [1.807, 2.05) is 40.4 Å². The minimum Gasteiger partial charge on any atom is -0.444 e. The second-order valence-corrected chi connectivity index (χ2v) is 11.4. The summed E-state index contributed by atoms with van der Waals surface area (Å²) in [4.78, 5) is 13.5. The Kier molecular flexibility index (Phi) is 4.32. The normalized spacial score (nSPS) is 24.2. The Morgan fingerprint density at radius 1 is 1.37 bits per heavy atom. The summed E-state index contributed by atoms with van der Waals surface area (Å²) in [6, 6.07) is 2.24. The summed E-state index contributed by atoms with van der Waals surface area (Å²) < 4.78 is 11.3. The van der Waals surface area contributed by atoms with Crippen LogP contribution >= 0.6 is 0 Å². The number of hydrogen-bond acceptors (Lipinski definition) is 4. The van der Waals surface area contributed by atoms with E-state index in [0.717, 1.165) is 0 Å². The molecule has 1 fully saturated rings. The van der Waals surface area contributed by atoms with Gasteiger partial charge in [-0.15, -0.1) is 0 Å². The maximum Gasteiger partial charge on any atom is 0.410 e. The molecule has 0 aliphatic carbocycles. The zero-order valence-electron chi connectivity index (χ0n) is 12.7. The molecule has 0 saturated carbocycles. The van der Waals surface area contributed by atoms with Crippen LogP contribution in [0, 0.1) is 11.3 Å². The molecule has 1 atom stereocenters. The minimum atomic E-state index is -1.83. The van der Waals surface area contributed by atoms with Gasteiger partial charge in [-0.3, -0.25) is 0 Å². The molecule has 1 aliphatic heterocycles. The maximum absolute atomic E-state index is 12.0. The molecule has 1 amide bonds. The number of nitrogens with zero attached hydrogens (tertiary/aromatic N) is 2. The zero-order valence-corrected chi connectivity index (χ0v) is 13.7. The van der Waals surface area contributed by atoms with E-state index in [0.29, 0.717) is 19.5 Å². The number of carbonyl (C=O) groups excluding carboxylic acids is 1. The van der Waals surface area contributed by atoms with Crippen molar-refractivity contribution < 1.29 is 14.0 Å². The monoisotopic (exact) mass is 284 g/mol. The Labute approximate surface area is 116 Å². The highest BCUT2D eigenvalue weighted by Crippen LogP contribution is 2.29. The van der Waals surface area contributed by atoms with Crippen molar-refractivity contribution in [3.05, 3.63) is 0 Å². The third kappa shape index (κ3) is 4.84. The molecule has 0 radical (unpaired) electrons. The fraction of sp³-hybridized carbons (Fsp3) is 0.846. The summed E-state index contributed by atoms with van der Waals surface area (Å²) in [7, 11) is -1.83. The molecule has 0 N–H and O–H groups in total. The molecular weight excluding hydrogens is 260 g/mol. The number of likely N-dealkylation sites (tertiary alicyclic amines) is 1. The second-order valence-electron chi connectivity index (χ2n) is 6.97. The number of rotatable bonds is 2. The molecule has 0 bridgehead atoms. The van der Waals surface area contributed by atoms with Crippen molar-refractivity contribution in [1.82, 2.24) is 4.90 Å². The Morgan fingerprint density at radius 3 is 2.37 bits per heavy atom. The Bertz CT molecular complexity index is 392. The Hall–Kier alpha value is -1.06. The van der Waals surface area contributed by atoms with Crippen molar-refractivity contribution in [3.8, 4) is 6.07 Å². The van der Waals surface area contributed by atoms with Gasteiger partial charge in [-0.05, 0) is 40.4 Å². The lowest BCUT2D eigenvalue weighted by Gasteiger charge is -2.30. The fourth-order valence-electron chi connectivity index (χ4n) is 2.05. The topological polar surface area (TPSA) is 62.6 Å². The van der Waals surface area contributed by atoms with Gasteiger partial charge in [-0.1, -0.05) is 0 Å². The maximum atomic E-state index is 12.0. The van der Waals surface area contributed by atoms with E-state index in [-0.39, 0.29) is 6.09 Å². The van der Waals surface area contributed by atoms with Gasteiger partial charge in [0.25, 0.3) is 0 Å². The van der Waals surface area contributed by atoms with E-state index in [1.165, 1.54) is 0 Å². The standard InChI is InChI=1S/C13H24N2O3Si/c1-12(2,3)17-11(16)15-8-7-13(9-14,10-15)18-19(4,5)6/h7-8,10H2,1-6H3/t13-/m1/s1. The molecule has 1 heterocycles. The van der Waals surface area contributed by atoms with E-state index in [2.05, 4.69) is 6.07 Å². The summed E-state index contributed by atoms with van der Waals surface area (Å²) in [5.74, 6) is 0. The van der Waals surface area contributed by atoms with Gasteiger partial charge in [0.1, 0.15) is 5.60 Å². The molecule has 0 aromatic heterocycles. The molecule has 1 saturated heterocycles. The highest BCUT2D eigenvalue weighted by atomic mass is 28.4. The molecular formula is C13H24N2O3Si. The number of nitriles is 1. The van der Waals surface area contributed by atoms with Crippen LogP contribution in [0.2, 0.25) is 19.6 Å². The van der Waals surface area contributed by atoms with E-state index >= 15 is 0 Å². The first-order valence-corrected chi connectivity index (χ1v) is 9.97. The first-order valence-electron chi connectivity index (χ1n) is 6.56. The Balaban J connectivity index is 2.71. The van der Waals surface area contributed by atoms with Crippen molar-refractivity contribution in [3.63, 3.8) is 0 Å². The van der Waals surface area contributed by atoms with Crippen molar-refractivity contribution in [2.75, 3.05) is 13.1 Å². The molecule has 0 aromatic carbocycles. The molecule has 1 rings (SSSR count). The molecule has 19 heavy (non-hydrogen) atoms. The zero-order chi connectivity index (χ0) is 14.9. The summed E-state index contributed by atoms with van der Waals surface area (Å²) in [5.41, 5.74) is -1.38. The van der Waals surface area contributed by atoms with Crippen molar-refractivity contribution in [1.29, 1.82) is 5.26 Å². The smallest absolute Gasteiger partial charge is 0.410 e. The predicted molar refractivity (Wildman–Crippen MR) is 75.2 cm³/mol. The first kappa shape index (κ1) is 16.0. The first-order chi connectivity index (χ1) is 8.46. The predicted octanol–water partition coefficient (Wildman–Crippen LogP) is 2.74. The summed E-state index contributed by atoms with van der Waals surface area (Å²) >= 11 is 0. The largest absolute Gasteiger partial charge is 0.444 e. The van der Waals surface area contributed by atoms with Crippen LogP contribution < -0.4 is 0 Å². The summed E-state index contributed by atoms with van der Waals surface area (Å²) in [6.45, 7) is 12.4. The molecule has 0 unspecified atom stereocenters. The van der Waals surface area contributed by atoms with Crippen LogP contribution in [0.4, 0.5) is 4.79 Å². The quantitative estimate of drug-likeness (QED) is 0.731. The fourth-order valence-corrected chi connectivity index (χ4v) is 3.43. The number of carbonyl (C=O) groups is 1. The second kappa shape index (κ2) is 5.14. The third-order valence-electron chi connectivity index (χ3n) is 2.59. The molecule has 0 spiro atoms. The summed E-state index contributed by atoms with van der Waals surface area (Å²) in [6.07, 6.45) is 0.177. The molecule has 108 valence electrons. The van der Waals surface area contributed by atoms with Gasteiger partial charge in [0.15, 0.2) is 13.9 Å². The number of hydrogen-bond donors (Lipinski definition) is 0. The average Bonchev–Trinajstić information content (AvgIpc) is 2.57. The van der Waals surface area contributed by atoms with Gasteiger partial charge in [-0.25, -0.2) is 4.79 Å². The molecule has 0 aromatic rings. The van der Waals surface area contributed by atoms with Crippen molar-refractivity contribution >= 4 is 14.4 Å². The highest BCUT2D eigenvalue weighted by molar-refractivity contribution is 6.69. The molecule has 1 aliphatic rings. The highest BCUT2D eigenvalue weighted by Gasteiger charge is 2.45. The van der Waals surface area contributed by atoms with Crippen LogP contribution in [0.15, 0.2) is 0 Å². The van der Waals surface area contributed by atoms with E-state index in [1.54, 1.807) is 4.90 Å². The van der Waals surface area contributed by atoms with Crippen molar-refractivity contribution in [2.45, 2.75) is 58.0 Å². The van der Waals surface area contributed by atoms with E-state index < -0.39 is 19.5 Å². The SMILES string of the molecule is CC(C)(C)OC(=O)N1CC[C@](C#N)(O[Si](C)(C)C)C1. The molecule has 6 heteroatoms. The van der Waals surface area contributed by atoms with E-state index in [4.69, 9.17) is 9.16 Å². The minimum absolute atomic E-state index is 0.294. The van der Waals surface area contributed by atoms with Crippen LogP contribution in [0.5, 0.6) is 0 Å². The number of ether oxygens (including phenoxy) is 1. The van der Waals surface area contributed by atoms with Gasteiger partial charge in [0.2, 0.25) is 0 Å². The van der Waals surface area contributed by atoms with E-state index in [9.17, 15) is 10.1 Å². The Morgan fingerprint density at radius 2 is 1.95 bits per heavy atom. The third-order valence-corrected chi connectivity index (χ3v) is 3.59. The summed E-state index contributed by atoms with van der Waals surface area (Å²) in [5, 5.41) is 9.38. The van der Waals surface area contributed by atoms with Crippen LogP contribution in [0.1, 0.15) is 27.2 Å². The molecule has 5 nitrogen and oxygen atoms in total. The lowest BCUT2D eigenvalue weighted by Crippen LogP contribution is -2.45. The number of amides is 1.